The minimum atomic E-state index is -0.250. The van der Waals surface area contributed by atoms with Gasteiger partial charge in [0.25, 0.3) is 25.9 Å². The van der Waals surface area contributed by atoms with Crippen LogP contribution < -0.4 is 6.15 Å². The Morgan fingerprint density at radius 3 is 0.538 bits per heavy atom. The van der Waals surface area contributed by atoms with Gasteiger partial charge in [-0.1, -0.05) is 0 Å². The van der Waals surface area contributed by atoms with E-state index in [0.717, 1.165) is 0 Å². The number of carbonyl (C=O) groups is 4. The molecule has 0 saturated heterocycles. The van der Waals surface area contributed by atoms with Crippen LogP contribution in [0.25, 0.3) is 0 Å². The van der Waals surface area contributed by atoms with Crippen LogP contribution in [-0.2, 0) is 19.2 Å². The Labute approximate surface area is 72.8 Å². The first kappa shape index (κ1) is 30.8. The first-order valence-electron chi connectivity index (χ1n) is 1.98. The van der Waals surface area contributed by atoms with Crippen molar-refractivity contribution < 1.29 is 39.6 Å². The van der Waals surface area contributed by atoms with E-state index >= 15 is 0 Å². The highest BCUT2D eigenvalue weighted by Gasteiger charge is 1.23. The van der Waals surface area contributed by atoms with E-state index in [1.807, 2.05) is 0 Å². The molecule has 0 spiro atoms. The molecular formula is C4H11NO8. The van der Waals surface area contributed by atoms with Crippen LogP contribution in [0.2, 0.25) is 0 Å². The zero-order chi connectivity index (χ0) is 10.8. The van der Waals surface area contributed by atoms with Crippen LogP contribution in [0.3, 0.4) is 0 Å². The Kier molecular flexibility index (Phi) is 538. The van der Waals surface area contributed by atoms with Crippen molar-refractivity contribution >= 4 is 25.9 Å². The molecule has 0 fully saturated rings. The van der Waals surface area contributed by atoms with Gasteiger partial charge in [-0.05, 0) is 0 Å². The zero-order valence-electron chi connectivity index (χ0n) is 6.44. The Balaban J connectivity index is -0.0000000213. The van der Waals surface area contributed by atoms with Gasteiger partial charge in [0.2, 0.25) is 0 Å². The molecule has 9 nitrogen and oxygen atoms in total. The van der Waals surface area contributed by atoms with E-state index in [1.165, 1.54) is 0 Å². The third-order valence-electron chi connectivity index (χ3n) is 0. The maximum Gasteiger partial charge on any atom is 0.290 e. The summed E-state index contributed by atoms with van der Waals surface area (Å²) >= 11 is 0. The van der Waals surface area contributed by atoms with Crippen molar-refractivity contribution in [3.05, 3.63) is 0 Å². The molecule has 0 unspecified atom stereocenters. The van der Waals surface area contributed by atoms with Crippen molar-refractivity contribution in [2.45, 2.75) is 0 Å². The van der Waals surface area contributed by atoms with Crippen molar-refractivity contribution in [1.82, 2.24) is 6.15 Å². The first-order valence-corrected chi connectivity index (χ1v) is 1.98. The Hall–Kier alpha value is -2.16. The number of rotatable bonds is 0. The summed E-state index contributed by atoms with van der Waals surface area (Å²) in [4.78, 5) is 33.4. The minimum absolute atomic E-state index is 0. The predicted octanol–water partition coefficient (Wildman–Crippen LogP) is -1.03. The third kappa shape index (κ3) is 130. The second-order valence-corrected chi connectivity index (χ2v) is 0.422. The lowest BCUT2D eigenvalue weighted by atomic mass is 11.7. The molecule has 0 aromatic carbocycles. The summed E-state index contributed by atoms with van der Waals surface area (Å²) in [7, 11) is 0. The van der Waals surface area contributed by atoms with Gasteiger partial charge in [-0.15, -0.1) is 0 Å². The van der Waals surface area contributed by atoms with Crippen molar-refractivity contribution in [3.63, 3.8) is 0 Å². The SMILES string of the molecule is N.O=CO.O=CO.O=CO.O=CO. The molecule has 0 amide bonds. The van der Waals surface area contributed by atoms with Crippen LogP contribution in [-0.4, -0.2) is 46.3 Å². The van der Waals surface area contributed by atoms with Gasteiger partial charge in [-0.3, -0.25) is 19.2 Å². The molecule has 0 atom stereocenters. The van der Waals surface area contributed by atoms with Gasteiger partial charge in [0.15, 0.2) is 0 Å². The molecule has 0 radical (unpaired) electrons. The summed E-state index contributed by atoms with van der Waals surface area (Å²) in [5.41, 5.74) is 0. The van der Waals surface area contributed by atoms with Crippen molar-refractivity contribution in [2.75, 3.05) is 0 Å². The van der Waals surface area contributed by atoms with Crippen LogP contribution in [0.5, 0.6) is 0 Å². The molecule has 0 saturated carbocycles. The van der Waals surface area contributed by atoms with Gasteiger partial charge in [-0.25, -0.2) is 0 Å². The highest BCUT2D eigenvalue weighted by Crippen LogP contribution is 0.975. The standard InChI is InChI=1S/4CH2O2.H3N/c4*2-1-3;/h4*1H,(H,2,3);1H3. The van der Waals surface area contributed by atoms with E-state index < -0.39 is 0 Å². The van der Waals surface area contributed by atoms with E-state index in [9.17, 15) is 0 Å². The third-order valence-corrected chi connectivity index (χ3v) is 0. The topological polar surface area (TPSA) is 184 Å². The van der Waals surface area contributed by atoms with Crippen molar-refractivity contribution in [2.24, 2.45) is 0 Å². The second-order valence-electron chi connectivity index (χ2n) is 0.422. The van der Waals surface area contributed by atoms with Gasteiger partial charge in [0, 0.05) is 0 Å². The largest absolute Gasteiger partial charge is 0.483 e. The highest BCUT2D eigenvalue weighted by molar-refractivity contribution is 5.33. The molecule has 0 aliphatic heterocycles. The lowest BCUT2D eigenvalue weighted by molar-refractivity contribution is -0.123. The smallest absolute Gasteiger partial charge is 0.290 e. The Bertz CT molecular complexity index is 70.1. The fourth-order valence-corrected chi connectivity index (χ4v) is 0. The second kappa shape index (κ2) is 227. The molecule has 0 heterocycles. The van der Waals surface area contributed by atoms with Gasteiger partial charge >= 0.3 is 0 Å². The van der Waals surface area contributed by atoms with Gasteiger partial charge in [-0.2, -0.15) is 0 Å². The average molecular weight is 201 g/mol. The lowest BCUT2D eigenvalue weighted by Crippen LogP contribution is -1.49. The molecular weight excluding hydrogens is 190 g/mol. The first-order chi connectivity index (χ1) is 5.66. The molecule has 0 aromatic heterocycles. The van der Waals surface area contributed by atoms with Crippen LogP contribution in [0.1, 0.15) is 0 Å². The fourth-order valence-electron chi connectivity index (χ4n) is 0. The monoisotopic (exact) mass is 201 g/mol. The molecule has 0 bridgehead atoms. The van der Waals surface area contributed by atoms with Crippen LogP contribution in [0, 0.1) is 0 Å². The van der Waals surface area contributed by atoms with Gasteiger partial charge in [0.05, 0.1) is 0 Å². The minimum Gasteiger partial charge on any atom is -0.483 e. The van der Waals surface area contributed by atoms with E-state index in [4.69, 9.17) is 39.6 Å². The highest BCUT2D eigenvalue weighted by atomic mass is 16.4. The lowest BCUT2D eigenvalue weighted by Gasteiger charge is -1.34. The van der Waals surface area contributed by atoms with Crippen LogP contribution >= 0.6 is 0 Å². The van der Waals surface area contributed by atoms with E-state index in [0.29, 0.717) is 0 Å². The molecule has 0 rings (SSSR count). The summed E-state index contributed by atoms with van der Waals surface area (Å²) in [6.45, 7) is -1.00. The quantitative estimate of drug-likeness (QED) is 0.305. The Morgan fingerprint density at radius 2 is 0.538 bits per heavy atom. The molecule has 9 heteroatoms. The molecule has 0 aliphatic carbocycles. The summed E-state index contributed by atoms with van der Waals surface area (Å²) < 4.78 is 0. The number of hydrogen-bond donors (Lipinski definition) is 5. The summed E-state index contributed by atoms with van der Waals surface area (Å²) in [5.74, 6) is 0. The maximum atomic E-state index is 8.36. The molecule has 7 N–H and O–H groups in total. The normalized spacial score (nSPS) is 3.69. The average Bonchev–Trinajstić information content (AvgIpc) is 1.92. The van der Waals surface area contributed by atoms with Crippen molar-refractivity contribution in [3.8, 4) is 0 Å². The fraction of sp³-hybridized carbons (Fsp3) is 0. The van der Waals surface area contributed by atoms with Crippen molar-refractivity contribution in [1.29, 1.82) is 0 Å². The van der Waals surface area contributed by atoms with Crippen LogP contribution in [0.15, 0.2) is 0 Å². The number of carboxylic acid groups (broad SMARTS) is 4. The summed E-state index contributed by atoms with van der Waals surface area (Å²) in [6, 6.07) is 0. The molecule has 13 heavy (non-hydrogen) atoms. The molecule has 0 aromatic rings. The summed E-state index contributed by atoms with van der Waals surface area (Å²) in [6.07, 6.45) is 0. The molecule has 0 aliphatic rings. The van der Waals surface area contributed by atoms with Crippen LogP contribution in [0.4, 0.5) is 0 Å². The summed E-state index contributed by atoms with van der Waals surface area (Å²) in [5, 5.41) is 27.6. The number of hydrogen-bond acceptors (Lipinski definition) is 5. The van der Waals surface area contributed by atoms with E-state index in [2.05, 4.69) is 0 Å². The zero-order valence-corrected chi connectivity index (χ0v) is 6.44. The van der Waals surface area contributed by atoms with Gasteiger partial charge < -0.3 is 26.6 Å². The Morgan fingerprint density at radius 1 is 0.538 bits per heavy atom. The predicted molar refractivity (Wildman–Crippen MR) is 39.8 cm³/mol. The van der Waals surface area contributed by atoms with E-state index in [1.54, 1.807) is 0 Å². The van der Waals surface area contributed by atoms with Gasteiger partial charge in [0.1, 0.15) is 0 Å². The maximum absolute atomic E-state index is 8.36. The van der Waals surface area contributed by atoms with E-state index in [-0.39, 0.29) is 32.0 Å². The molecule has 80 valence electrons.